The summed E-state index contributed by atoms with van der Waals surface area (Å²) in [4.78, 5) is 25.1. The zero-order valence-electron chi connectivity index (χ0n) is 13.2. The topological polar surface area (TPSA) is 127 Å². The van der Waals surface area contributed by atoms with Crippen LogP contribution in [0, 0.1) is 0 Å². The highest BCUT2D eigenvalue weighted by molar-refractivity contribution is 7.89. The maximum atomic E-state index is 12.4. The van der Waals surface area contributed by atoms with Gasteiger partial charge in [0.25, 0.3) is 0 Å². The third kappa shape index (κ3) is 2.98. The molecule has 4 rings (SSSR count). The van der Waals surface area contributed by atoms with Gasteiger partial charge >= 0.3 is 0 Å². The van der Waals surface area contributed by atoms with Crippen molar-refractivity contribution in [3.63, 3.8) is 0 Å². The van der Waals surface area contributed by atoms with Crippen LogP contribution in [0.4, 0.5) is 5.69 Å². The molecule has 0 atom stereocenters. The first-order chi connectivity index (χ1) is 12.4. The van der Waals surface area contributed by atoms with Gasteiger partial charge in [0.15, 0.2) is 0 Å². The van der Waals surface area contributed by atoms with Crippen LogP contribution in [0.1, 0.15) is 17.8 Å². The minimum absolute atomic E-state index is 0.0151. The number of sulfonamides is 1. The largest absolute Gasteiger partial charge is 0.274 e. The molecular weight excluding hydrogens is 380 g/mol. The quantitative estimate of drug-likeness (QED) is 0.620. The number of amides is 2. The zero-order chi connectivity index (χ0) is 18.3. The molecule has 2 amide bonds. The molecule has 1 aliphatic rings. The van der Waals surface area contributed by atoms with E-state index in [1.54, 1.807) is 0 Å². The SMILES string of the molecule is O=C1CCC(=O)N1c1ccc(S(=O)(=O)NCc2nn3cnnc3s2)cc1. The van der Waals surface area contributed by atoms with Crippen molar-refractivity contribution in [1.29, 1.82) is 0 Å². The van der Waals surface area contributed by atoms with Crippen LogP contribution in [0.15, 0.2) is 35.5 Å². The lowest BCUT2D eigenvalue weighted by Crippen LogP contribution is -2.28. The predicted molar refractivity (Wildman–Crippen MR) is 90.9 cm³/mol. The summed E-state index contributed by atoms with van der Waals surface area (Å²) in [7, 11) is -3.76. The van der Waals surface area contributed by atoms with Crippen molar-refractivity contribution < 1.29 is 18.0 Å². The number of carbonyl (C=O) groups excluding carboxylic acids is 2. The number of imide groups is 1. The molecule has 3 aromatic rings. The average molecular weight is 392 g/mol. The summed E-state index contributed by atoms with van der Waals surface area (Å²) in [5.74, 6) is -0.570. The number of hydrogen-bond donors (Lipinski definition) is 1. The first kappa shape index (κ1) is 16.8. The molecule has 10 nitrogen and oxygen atoms in total. The lowest BCUT2D eigenvalue weighted by atomic mass is 10.3. The number of rotatable bonds is 5. The van der Waals surface area contributed by atoms with Crippen molar-refractivity contribution in [1.82, 2.24) is 24.5 Å². The Balaban J connectivity index is 1.49. The normalized spacial score (nSPS) is 15.3. The van der Waals surface area contributed by atoms with E-state index in [9.17, 15) is 18.0 Å². The maximum Gasteiger partial charge on any atom is 0.240 e. The molecule has 1 fully saturated rings. The van der Waals surface area contributed by atoms with Crippen LogP contribution in [0.25, 0.3) is 4.96 Å². The van der Waals surface area contributed by atoms with Gasteiger partial charge in [-0.3, -0.25) is 14.5 Å². The van der Waals surface area contributed by atoms with E-state index >= 15 is 0 Å². The monoisotopic (exact) mass is 392 g/mol. The van der Waals surface area contributed by atoms with Crippen molar-refractivity contribution in [2.75, 3.05) is 4.90 Å². The van der Waals surface area contributed by atoms with Gasteiger partial charge in [0.1, 0.15) is 11.3 Å². The fourth-order valence-corrected chi connectivity index (χ4v) is 4.38. The lowest BCUT2D eigenvalue weighted by molar-refractivity contribution is -0.121. The Bertz CT molecular complexity index is 1060. The lowest BCUT2D eigenvalue weighted by Gasteiger charge is -2.14. The molecule has 0 unspecified atom stereocenters. The Labute approximate surface area is 151 Å². The molecule has 134 valence electrons. The van der Waals surface area contributed by atoms with Crippen molar-refractivity contribution in [3.8, 4) is 0 Å². The molecule has 26 heavy (non-hydrogen) atoms. The Morgan fingerprint density at radius 3 is 2.46 bits per heavy atom. The minimum Gasteiger partial charge on any atom is -0.274 e. The molecule has 1 aliphatic heterocycles. The summed E-state index contributed by atoms with van der Waals surface area (Å²) in [6.07, 6.45) is 1.78. The summed E-state index contributed by atoms with van der Waals surface area (Å²) in [6.45, 7) is 0.0151. The van der Waals surface area contributed by atoms with Crippen LogP contribution in [0.2, 0.25) is 0 Å². The Morgan fingerprint density at radius 2 is 1.81 bits per heavy atom. The average Bonchev–Trinajstić information content (AvgIpc) is 3.28. The number of aromatic nitrogens is 4. The second-order valence-corrected chi connectivity index (χ2v) is 8.30. The molecule has 3 heterocycles. The predicted octanol–water partition coefficient (Wildman–Crippen LogP) is 0.318. The first-order valence-electron chi connectivity index (χ1n) is 7.55. The van der Waals surface area contributed by atoms with Gasteiger partial charge < -0.3 is 0 Å². The second kappa shape index (κ2) is 6.23. The zero-order valence-corrected chi connectivity index (χ0v) is 14.8. The highest BCUT2D eigenvalue weighted by Crippen LogP contribution is 2.24. The number of nitrogens with zero attached hydrogens (tertiary/aromatic N) is 5. The molecule has 0 spiro atoms. The highest BCUT2D eigenvalue weighted by atomic mass is 32.2. The molecule has 0 saturated carbocycles. The van der Waals surface area contributed by atoms with E-state index in [2.05, 4.69) is 20.0 Å². The Hall–Kier alpha value is -2.70. The number of carbonyl (C=O) groups is 2. The molecule has 1 aromatic carbocycles. The van der Waals surface area contributed by atoms with Crippen LogP contribution >= 0.6 is 11.3 Å². The van der Waals surface area contributed by atoms with Gasteiger partial charge in [0.2, 0.25) is 26.8 Å². The second-order valence-electron chi connectivity index (χ2n) is 5.50. The van der Waals surface area contributed by atoms with Crippen LogP contribution in [0.5, 0.6) is 0 Å². The van der Waals surface area contributed by atoms with E-state index in [-0.39, 0.29) is 36.1 Å². The van der Waals surface area contributed by atoms with E-state index in [1.807, 2.05) is 0 Å². The fraction of sp³-hybridized carbons (Fsp3) is 0.214. The summed E-state index contributed by atoms with van der Waals surface area (Å²) in [5, 5.41) is 12.2. The van der Waals surface area contributed by atoms with Crippen molar-refractivity contribution in [2.24, 2.45) is 0 Å². The van der Waals surface area contributed by atoms with Gasteiger partial charge in [-0.2, -0.15) is 9.61 Å². The number of nitrogens with one attached hydrogen (secondary N) is 1. The minimum atomic E-state index is -3.76. The van der Waals surface area contributed by atoms with Gasteiger partial charge in [0.05, 0.1) is 17.1 Å². The number of fused-ring (bicyclic) bond motifs is 1. The standard InChI is InChI=1S/C14H12N6O4S2/c21-12-5-6-13(22)20(12)9-1-3-10(4-2-9)26(23,24)16-7-11-18-19-8-15-17-14(19)25-11/h1-4,8,16H,5-7H2. The van der Waals surface area contributed by atoms with E-state index in [4.69, 9.17) is 0 Å². The van der Waals surface area contributed by atoms with Crippen LogP contribution in [0.3, 0.4) is 0 Å². The van der Waals surface area contributed by atoms with E-state index < -0.39 is 10.0 Å². The number of benzene rings is 1. The van der Waals surface area contributed by atoms with Gasteiger partial charge in [-0.15, -0.1) is 10.2 Å². The van der Waals surface area contributed by atoms with Gasteiger partial charge in [-0.25, -0.2) is 13.1 Å². The molecule has 1 N–H and O–H groups in total. The fourth-order valence-electron chi connectivity index (χ4n) is 2.55. The first-order valence-corrected chi connectivity index (χ1v) is 9.85. The third-order valence-corrected chi connectivity index (χ3v) is 6.13. The molecule has 12 heteroatoms. The molecule has 0 aliphatic carbocycles. The van der Waals surface area contributed by atoms with Crippen LogP contribution < -0.4 is 9.62 Å². The summed E-state index contributed by atoms with van der Waals surface area (Å²) in [6, 6.07) is 5.60. The molecule has 0 bridgehead atoms. The summed E-state index contributed by atoms with van der Waals surface area (Å²) >= 11 is 1.23. The molecule has 0 radical (unpaired) electrons. The van der Waals surface area contributed by atoms with E-state index in [1.165, 1.54) is 46.4 Å². The summed E-state index contributed by atoms with van der Waals surface area (Å²) < 4.78 is 28.7. The highest BCUT2D eigenvalue weighted by Gasteiger charge is 2.30. The van der Waals surface area contributed by atoms with E-state index in [0.29, 0.717) is 15.7 Å². The number of hydrogen-bond acceptors (Lipinski definition) is 8. The van der Waals surface area contributed by atoms with Crippen LogP contribution in [-0.2, 0) is 26.2 Å². The van der Waals surface area contributed by atoms with Gasteiger partial charge in [-0.1, -0.05) is 11.3 Å². The van der Waals surface area contributed by atoms with Gasteiger partial charge in [0, 0.05) is 12.8 Å². The van der Waals surface area contributed by atoms with Crippen molar-refractivity contribution in [3.05, 3.63) is 35.6 Å². The van der Waals surface area contributed by atoms with Gasteiger partial charge in [-0.05, 0) is 24.3 Å². The van der Waals surface area contributed by atoms with Crippen molar-refractivity contribution >= 4 is 43.8 Å². The summed E-state index contributed by atoms with van der Waals surface area (Å²) in [5.41, 5.74) is 0.366. The molecule has 1 saturated heterocycles. The third-order valence-electron chi connectivity index (χ3n) is 3.80. The Morgan fingerprint density at radius 1 is 1.12 bits per heavy atom. The maximum absolute atomic E-state index is 12.4. The van der Waals surface area contributed by atoms with Crippen LogP contribution in [-0.4, -0.2) is 40.0 Å². The molecule has 2 aromatic heterocycles. The molecular formula is C14H12N6O4S2. The smallest absolute Gasteiger partial charge is 0.240 e. The van der Waals surface area contributed by atoms with E-state index in [0.717, 1.165) is 4.90 Å². The van der Waals surface area contributed by atoms with Crippen molar-refractivity contribution in [2.45, 2.75) is 24.3 Å². The number of anilines is 1. The Kier molecular flexibility index (Phi) is 4.01.